The van der Waals surface area contributed by atoms with Gasteiger partial charge in [0, 0.05) is 57.3 Å². The number of hydrogen-bond acceptors (Lipinski definition) is 3. The van der Waals surface area contributed by atoms with E-state index in [1.165, 1.54) is 73.4 Å². The van der Waals surface area contributed by atoms with Crippen LogP contribution in [0.2, 0.25) is 0 Å². The predicted molar refractivity (Wildman–Crippen MR) is 215 cm³/mol. The van der Waals surface area contributed by atoms with Gasteiger partial charge in [0.25, 0.3) is 0 Å². The van der Waals surface area contributed by atoms with Gasteiger partial charge in [-0.2, -0.15) is 0 Å². The first-order chi connectivity index (χ1) is 24.3. The van der Waals surface area contributed by atoms with Crippen LogP contribution in [0, 0.1) is 0 Å². The second-order valence-corrected chi connectivity index (χ2v) is 14.7. The number of fused-ring (bicyclic) bond motifs is 7. The number of rotatable bonds is 5. The highest BCUT2D eigenvalue weighted by Gasteiger charge is 2.21. The summed E-state index contributed by atoms with van der Waals surface area (Å²) in [6.07, 6.45) is 0. The molecule has 0 aliphatic rings. The minimum absolute atomic E-state index is 1.12. The van der Waals surface area contributed by atoms with Crippen molar-refractivity contribution in [2.24, 2.45) is 0 Å². The monoisotopic (exact) mass is 659 g/mol. The van der Waals surface area contributed by atoms with Crippen molar-refractivity contribution in [2.45, 2.75) is 0 Å². The van der Waals surface area contributed by atoms with Crippen LogP contribution in [0.5, 0.6) is 0 Å². The highest BCUT2D eigenvalue weighted by atomic mass is 32.1. The zero-order chi connectivity index (χ0) is 32.3. The van der Waals surface area contributed by atoms with Crippen molar-refractivity contribution in [3.63, 3.8) is 0 Å². The lowest BCUT2D eigenvalue weighted by molar-refractivity contribution is 1.30. The Bertz CT molecular complexity index is 2830. The van der Waals surface area contributed by atoms with E-state index in [1.807, 2.05) is 22.7 Å². The summed E-state index contributed by atoms with van der Waals surface area (Å²) >= 11 is 3.73. The normalized spacial score (nSPS) is 11.7. The van der Waals surface area contributed by atoms with Crippen molar-refractivity contribution in [3.8, 4) is 22.3 Å². The first-order valence-electron chi connectivity index (χ1n) is 16.6. The molecule has 3 heteroatoms. The van der Waals surface area contributed by atoms with Crippen LogP contribution in [-0.4, -0.2) is 0 Å². The molecule has 0 saturated carbocycles. The molecule has 0 amide bonds. The fourth-order valence-electron chi connectivity index (χ4n) is 7.35. The zero-order valence-electron chi connectivity index (χ0n) is 26.5. The van der Waals surface area contributed by atoms with E-state index in [0.29, 0.717) is 0 Å². The molecule has 10 aromatic rings. The standard InChI is InChI=1S/C46H29NS2/c1-2-10-30(11-3-1)31-18-22-34(23-19-31)47(35-24-27-44-40(29-35)38-15-7-9-17-43(38)48-44)41-26-21-32-12-4-5-13-36(32)46(41)33-20-25-39-37-14-6-8-16-42(37)49-45(39)28-33/h1-29H. The lowest BCUT2D eigenvalue weighted by Crippen LogP contribution is -2.11. The lowest BCUT2D eigenvalue weighted by atomic mass is 9.94. The Labute approximate surface area is 292 Å². The van der Waals surface area contributed by atoms with Crippen molar-refractivity contribution in [1.82, 2.24) is 0 Å². The summed E-state index contributed by atoms with van der Waals surface area (Å²) in [7, 11) is 0. The zero-order valence-corrected chi connectivity index (χ0v) is 28.1. The molecular formula is C46H29NS2. The van der Waals surface area contributed by atoms with Crippen LogP contribution in [0.15, 0.2) is 176 Å². The maximum atomic E-state index is 2.46. The average Bonchev–Trinajstić information content (AvgIpc) is 3.73. The summed E-state index contributed by atoms with van der Waals surface area (Å²) in [6, 6.07) is 64.5. The van der Waals surface area contributed by atoms with Crippen LogP contribution in [-0.2, 0) is 0 Å². The van der Waals surface area contributed by atoms with Gasteiger partial charge in [-0.25, -0.2) is 0 Å². The number of nitrogens with zero attached hydrogens (tertiary/aromatic N) is 1. The van der Waals surface area contributed by atoms with E-state index < -0.39 is 0 Å². The van der Waals surface area contributed by atoms with Crippen LogP contribution in [0.25, 0.3) is 73.4 Å². The van der Waals surface area contributed by atoms with Gasteiger partial charge in [-0.3, -0.25) is 0 Å². The Hall–Kier alpha value is -5.74. The molecule has 49 heavy (non-hydrogen) atoms. The van der Waals surface area contributed by atoms with Crippen molar-refractivity contribution < 1.29 is 0 Å². The highest BCUT2D eigenvalue weighted by molar-refractivity contribution is 7.26. The van der Waals surface area contributed by atoms with Crippen molar-refractivity contribution in [3.05, 3.63) is 176 Å². The Balaban J connectivity index is 1.24. The van der Waals surface area contributed by atoms with Gasteiger partial charge in [0.2, 0.25) is 0 Å². The van der Waals surface area contributed by atoms with Gasteiger partial charge in [0.1, 0.15) is 0 Å². The third-order valence-electron chi connectivity index (χ3n) is 9.67. The molecule has 0 spiro atoms. The number of hydrogen-bond donors (Lipinski definition) is 0. The van der Waals surface area contributed by atoms with E-state index >= 15 is 0 Å². The molecule has 0 aliphatic carbocycles. The summed E-state index contributed by atoms with van der Waals surface area (Å²) in [5, 5.41) is 7.71. The minimum atomic E-state index is 1.12. The van der Waals surface area contributed by atoms with Gasteiger partial charge in [0.15, 0.2) is 0 Å². The Morgan fingerprint density at radius 1 is 0.327 bits per heavy atom. The second-order valence-electron chi connectivity index (χ2n) is 12.5. The van der Waals surface area contributed by atoms with E-state index in [1.54, 1.807) is 0 Å². The van der Waals surface area contributed by atoms with Crippen LogP contribution in [0.1, 0.15) is 0 Å². The largest absolute Gasteiger partial charge is 0.310 e. The maximum Gasteiger partial charge on any atom is 0.0546 e. The van der Waals surface area contributed by atoms with Crippen LogP contribution in [0.3, 0.4) is 0 Å². The predicted octanol–water partition coefficient (Wildman–Crippen LogP) is 14.4. The van der Waals surface area contributed by atoms with Crippen LogP contribution in [0.4, 0.5) is 17.1 Å². The van der Waals surface area contributed by atoms with Gasteiger partial charge >= 0.3 is 0 Å². The summed E-state index contributed by atoms with van der Waals surface area (Å²) in [6.45, 7) is 0. The van der Waals surface area contributed by atoms with Crippen LogP contribution < -0.4 is 4.90 Å². The summed E-state index contributed by atoms with van der Waals surface area (Å²) in [4.78, 5) is 2.46. The first-order valence-corrected chi connectivity index (χ1v) is 18.2. The Morgan fingerprint density at radius 2 is 0.898 bits per heavy atom. The minimum Gasteiger partial charge on any atom is -0.310 e. The molecular weight excluding hydrogens is 631 g/mol. The van der Waals surface area contributed by atoms with Gasteiger partial charge in [-0.15, -0.1) is 22.7 Å². The molecule has 2 aromatic heterocycles. The van der Waals surface area contributed by atoms with E-state index in [0.717, 1.165) is 17.1 Å². The van der Waals surface area contributed by atoms with Gasteiger partial charge in [0.05, 0.1) is 5.69 Å². The van der Waals surface area contributed by atoms with E-state index in [4.69, 9.17) is 0 Å². The molecule has 1 nitrogen and oxygen atoms in total. The molecule has 0 unspecified atom stereocenters. The topological polar surface area (TPSA) is 3.24 Å². The van der Waals surface area contributed by atoms with Crippen LogP contribution >= 0.6 is 22.7 Å². The van der Waals surface area contributed by atoms with Gasteiger partial charge < -0.3 is 4.90 Å². The Kier molecular flexibility index (Phi) is 6.61. The summed E-state index contributed by atoms with van der Waals surface area (Å²) in [5.41, 5.74) is 8.30. The molecule has 0 atom stereocenters. The second kappa shape index (κ2) is 11.5. The maximum absolute atomic E-state index is 2.46. The summed E-state index contributed by atoms with van der Waals surface area (Å²) < 4.78 is 5.25. The SMILES string of the molecule is c1ccc(-c2ccc(N(c3ccc4sc5ccccc5c4c3)c3ccc4ccccc4c3-c3ccc4c(c3)sc3ccccc34)cc2)cc1. The van der Waals surface area contributed by atoms with E-state index in [2.05, 4.69) is 181 Å². The van der Waals surface area contributed by atoms with Crippen molar-refractivity contribution in [2.75, 3.05) is 4.90 Å². The summed E-state index contributed by atoms with van der Waals surface area (Å²) in [5.74, 6) is 0. The fourth-order valence-corrected chi connectivity index (χ4v) is 9.58. The molecule has 0 N–H and O–H groups in total. The number of benzene rings is 8. The first kappa shape index (κ1) is 28.3. The Morgan fingerprint density at radius 3 is 1.69 bits per heavy atom. The molecule has 0 bridgehead atoms. The smallest absolute Gasteiger partial charge is 0.0546 e. The molecule has 2 heterocycles. The number of anilines is 3. The molecule has 0 fully saturated rings. The van der Waals surface area contributed by atoms with E-state index in [9.17, 15) is 0 Å². The average molecular weight is 660 g/mol. The molecule has 230 valence electrons. The third-order valence-corrected chi connectivity index (χ3v) is 12.0. The fraction of sp³-hybridized carbons (Fsp3) is 0. The van der Waals surface area contributed by atoms with Crippen molar-refractivity contribution in [1.29, 1.82) is 0 Å². The molecule has 0 saturated heterocycles. The lowest BCUT2D eigenvalue weighted by Gasteiger charge is -2.29. The van der Waals surface area contributed by atoms with Gasteiger partial charge in [-0.05, 0) is 82.1 Å². The molecule has 0 radical (unpaired) electrons. The third kappa shape index (κ3) is 4.74. The quantitative estimate of drug-likeness (QED) is 0.178. The van der Waals surface area contributed by atoms with E-state index in [-0.39, 0.29) is 0 Å². The highest BCUT2D eigenvalue weighted by Crippen LogP contribution is 2.47. The number of thiophene rings is 2. The van der Waals surface area contributed by atoms with Gasteiger partial charge in [-0.1, -0.05) is 121 Å². The molecule has 8 aromatic carbocycles. The molecule has 0 aliphatic heterocycles. The van der Waals surface area contributed by atoms with Crippen molar-refractivity contribution >= 4 is 90.9 Å². The molecule has 10 rings (SSSR count).